The van der Waals surface area contributed by atoms with Crippen LogP contribution in [0.15, 0.2) is 42.5 Å². The fourth-order valence-electron chi connectivity index (χ4n) is 3.71. The molecule has 0 saturated carbocycles. The van der Waals surface area contributed by atoms with Gasteiger partial charge in [-0.25, -0.2) is 4.79 Å². The molecule has 4 rings (SSSR count). The maximum atomic E-state index is 12.3. The Morgan fingerprint density at radius 3 is 2.79 bits per heavy atom. The van der Waals surface area contributed by atoms with Crippen LogP contribution in [0.25, 0.3) is 10.9 Å². The molecule has 6 heteroatoms. The molecule has 6 nitrogen and oxygen atoms in total. The predicted octanol–water partition coefficient (Wildman–Crippen LogP) is 3.48. The first-order valence-corrected chi connectivity index (χ1v) is 9.63. The van der Waals surface area contributed by atoms with Crippen LogP contribution >= 0.6 is 0 Å². The summed E-state index contributed by atoms with van der Waals surface area (Å²) in [6, 6.07) is 13.5. The van der Waals surface area contributed by atoms with E-state index in [0.717, 1.165) is 23.9 Å². The average molecular weight is 377 g/mol. The normalized spacial score (nSPS) is 14.3. The number of ether oxygens (including phenoxy) is 1. The van der Waals surface area contributed by atoms with Gasteiger partial charge in [-0.1, -0.05) is 36.4 Å². The zero-order chi connectivity index (χ0) is 19.5. The van der Waals surface area contributed by atoms with Crippen LogP contribution in [0.4, 0.5) is 0 Å². The molecule has 1 amide bonds. The standard InChI is InChI=1S/C22H23N3O3/c1-14(16-11-10-15-6-2-3-7-17(15)12-16)23-20(26)13-28-22(27)21-18-8-4-5-9-19(18)24-25-21/h4-5,8-12,14H,2-3,6-7,13H2,1H3,(H,23,26)(H,24,25)/t14-/m1/s1. The summed E-state index contributed by atoms with van der Waals surface area (Å²) < 4.78 is 5.15. The summed E-state index contributed by atoms with van der Waals surface area (Å²) >= 11 is 0. The molecule has 28 heavy (non-hydrogen) atoms. The van der Waals surface area contributed by atoms with E-state index in [9.17, 15) is 9.59 Å². The molecule has 2 N–H and O–H groups in total. The number of benzene rings is 2. The zero-order valence-electron chi connectivity index (χ0n) is 15.8. The van der Waals surface area contributed by atoms with E-state index in [1.165, 1.54) is 24.0 Å². The number of para-hydroxylation sites is 1. The van der Waals surface area contributed by atoms with Gasteiger partial charge in [-0.2, -0.15) is 5.10 Å². The molecule has 0 fully saturated rings. The van der Waals surface area contributed by atoms with Crippen molar-refractivity contribution in [3.63, 3.8) is 0 Å². The number of hydrogen-bond donors (Lipinski definition) is 2. The average Bonchev–Trinajstić information content (AvgIpc) is 3.16. The fourth-order valence-corrected chi connectivity index (χ4v) is 3.71. The summed E-state index contributed by atoms with van der Waals surface area (Å²) in [5.74, 6) is -0.951. The Balaban J connectivity index is 1.34. The number of carbonyl (C=O) groups is 2. The van der Waals surface area contributed by atoms with Gasteiger partial charge in [0.2, 0.25) is 0 Å². The molecule has 1 heterocycles. The molecule has 0 aliphatic heterocycles. The van der Waals surface area contributed by atoms with Gasteiger partial charge in [0.1, 0.15) is 0 Å². The molecule has 3 aromatic rings. The highest BCUT2D eigenvalue weighted by atomic mass is 16.5. The molecule has 0 bridgehead atoms. The topological polar surface area (TPSA) is 84.1 Å². The minimum Gasteiger partial charge on any atom is -0.451 e. The number of hydrogen-bond acceptors (Lipinski definition) is 4. The fraction of sp³-hybridized carbons (Fsp3) is 0.318. The van der Waals surface area contributed by atoms with E-state index < -0.39 is 5.97 Å². The van der Waals surface area contributed by atoms with Crippen molar-refractivity contribution in [3.05, 3.63) is 64.8 Å². The van der Waals surface area contributed by atoms with Crippen LogP contribution in [0, 0.1) is 0 Å². The second-order valence-electron chi connectivity index (χ2n) is 7.22. The van der Waals surface area contributed by atoms with Crippen LogP contribution in [0.5, 0.6) is 0 Å². The minimum atomic E-state index is -0.617. The predicted molar refractivity (Wildman–Crippen MR) is 106 cm³/mol. The van der Waals surface area contributed by atoms with Crippen LogP contribution < -0.4 is 5.32 Å². The molecule has 144 valence electrons. The molecule has 1 aliphatic carbocycles. The number of H-pyrrole nitrogens is 1. The number of carbonyl (C=O) groups excluding carboxylic acids is 2. The number of rotatable bonds is 5. The third kappa shape index (κ3) is 3.76. The Hall–Kier alpha value is -3.15. The number of nitrogens with zero attached hydrogens (tertiary/aromatic N) is 1. The van der Waals surface area contributed by atoms with Crippen molar-refractivity contribution in [3.8, 4) is 0 Å². The van der Waals surface area contributed by atoms with E-state index in [1.54, 1.807) is 6.07 Å². The van der Waals surface area contributed by atoms with Gasteiger partial charge in [0, 0.05) is 5.39 Å². The molecule has 0 radical (unpaired) electrons. The maximum Gasteiger partial charge on any atom is 0.359 e. The highest BCUT2D eigenvalue weighted by Crippen LogP contribution is 2.24. The van der Waals surface area contributed by atoms with Crippen LogP contribution in [-0.4, -0.2) is 28.7 Å². The van der Waals surface area contributed by atoms with E-state index in [-0.39, 0.29) is 24.2 Å². The summed E-state index contributed by atoms with van der Waals surface area (Å²) in [5, 5.41) is 10.3. The third-order valence-electron chi connectivity index (χ3n) is 5.25. The largest absolute Gasteiger partial charge is 0.451 e. The summed E-state index contributed by atoms with van der Waals surface area (Å²) in [6.45, 7) is 1.60. The van der Waals surface area contributed by atoms with E-state index in [4.69, 9.17) is 4.74 Å². The summed E-state index contributed by atoms with van der Waals surface area (Å²) in [6.07, 6.45) is 4.69. The van der Waals surface area contributed by atoms with Gasteiger partial charge in [0.25, 0.3) is 5.91 Å². The van der Waals surface area contributed by atoms with E-state index in [1.807, 2.05) is 25.1 Å². The number of aryl methyl sites for hydroxylation is 2. The first-order chi connectivity index (χ1) is 13.6. The van der Waals surface area contributed by atoms with E-state index in [0.29, 0.717) is 5.39 Å². The Morgan fingerprint density at radius 1 is 1.14 bits per heavy atom. The lowest BCUT2D eigenvalue weighted by Crippen LogP contribution is -2.31. The molecular formula is C22H23N3O3. The highest BCUT2D eigenvalue weighted by Gasteiger charge is 2.18. The van der Waals surface area contributed by atoms with E-state index in [2.05, 4.69) is 33.7 Å². The van der Waals surface area contributed by atoms with Gasteiger partial charge in [-0.05, 0) is 55.4 Å². The van der Waals surface area contributed by atoms with Crippen molar-refractivity contribution in [2.45, 2.75) is 38.6 Å². The summed E-state index contributed by atoms with van der Waals surface area (Å²) in [7, 11) is 0. The molecule has 0 spiro atoms. The molecule has 1 aliphatic rings. The lowest BCUT2D eigenvalue weighted by Gasteiger charge is -2.20. The van der Waals surface area contributed by atoms with Crippen LogP contribution in [-0.2, 0) is 22.4 Å². The van der Waals surface area contributed by atoms with Crippen molar-refractivity contribution in [2.75, 3.05) is 6.61 Å². The summed E-state index contributed by atoms with van der Waals surface area (Å²) in [5.41, 5.74) is 4.79. The van der Waals surface area contributed by atoms with Gasteiger partial charge in [0.15, 0.2) is 12.3 Å². The highest BCUT2D eigenvalue weighted by molar-refractivity contribution is 6.02. The zero-order valence-corrected chi connectivity index (χ0v) is 15.8. The Kier molecular flexibility index (Phi) is 5.10. The third-order valence-corrected chi connectivity index (χ3v) is 5.25. The molecule has 1 aromatic heterocycles. The first kappa shape index (κ1) is 18.2. The number of amides is 1. The lowest BCUT2D eigenvalue weighted by atomic mass is 9.89. The quantitative estimate of drug-likeness (QED) is 0.667. The van der Waals surface area contributed by atoms with Crippen LogP contribution in [0.3, 0.4) is 0 Å². The monoisotopic (exact) mass is 377 g/mol. The molecule has 1 atom stereocenters. The summed E-state index contributed by atoms with van der Waals surface area (Å²) in [4.78, 5) is 24.5. The van der Waals surface area contributed by atoms with Gasteiger partial charge < -0.3 is 10.1 Å². The molecule has 0 saturated heterocycles. The van der Waals surface area contributed by atoms with Crippen molar-refractivity contribution in [1.82, 2.24) is 15.5 Å². The van der Waals surface area contributed by atoms with Crippen molar-refractivity contribution in [1.29, 1.82) is 0 Å². The first-order valence-electron chi connectivity index (χ1n) is 9.63. The Morgan fingerprint density at radius 2 is 1.93 bits per heavy atom. The SMILES string of the molecule is C[C@@H](NC(=O)COC(=O)c1n[nH]c2ccccc12)c1ccc2c(c1)CCCC2. The van der Waals surface area contributed by atoms with Crippen LogP contribution in [0.1, 0.15) is 53.0 Å². The Bertz CT molecular complexity index is 1020. The minimum absolute atomic E-state index is 0.148. The number of aromatic nitrogens is 2. The second-order valence-corrected chi connectivity index (χ2v) is 7.22. The maximum absolute atomic E-state index is 12.3. The van der Waals surface area contributed by atoms with E-state index >= 15 is 0 Å². The smallest absolute Gasteiger partial charge is 0.359 e. The van der Waals surface area contributed by atoms with Gasteiger partial charge in [-0.3, -0.25) is 9.89 Å². The molecule has 0 unspecified atom stereocenters. The number of esters is 1. The van der Waals surface area contributed by atoms with Crippen molar-refractivity contribution < 1.29 is 14.3 Å². The molecule has 2 aromatic carbocycles. The number of fused-ring (bicyclic) bond motifs is 2. The number of aromatic amines is 1. The lowest BCUT2D eigenvalue weighted by molar-refractivity contribution is -0.124. The van der Waals surface area contributed by atoms with Gasteiger partial charge in [-0.15, -0.1) is 0 Å². The van der Waals surface area contributed by atoms with Gasteiger partial charge >= 0.3 is 5.97 Å². The number of nitrogens with one attached hydrogen (secondary N) is 2. The van der Waals surface area contributed by atoms with Gasteiger partial charge in [0.05, 0.1) is 11.6 Å². The molecular weight excluding hydrogens is 354 g/mol. The Labute approximate surface area is 163 Å². The van der Waals surface area contributed by atoms with Crippen molar-refractivity contribution >= 4 is 22.8 Å². The van der Waals surface area contributed by atoms with Crippen molar-refractivity contribution in [2.24, 2.45) is 0 Å². The van der Waals surface area contributed by atoms with Crippen LogP contribution in [0.2, 0.25) is 0 Å². The second kappa shape index (κ2) is 7.84.